The lowest BCUT2D eigenvalue weighted by atomic mass is 10.00. The molecule has 0 aliphatic carbocycles. The van der Waals surface area contributed by atoms with E-state index >= 15 is 0 Å². The van der Waals surface area contributed by atoms with Gasteiger partial charge in [0.15, 0.2) is 12.4 Å². The van der Waals surface area contributed by atoms with Gasteiger partial charge in [-0.3, -0.25) is 14.1 Å². The van der Waals surface area contributed by atoms with Gasteiger partial charge >= 0.3 is 11.9 Å². The maximum Gasteiger partial charge on any atom is 0.306 e. The Morgan fingerprint density at radius 1 is 0.565 bits per heavy atom. The highest BCUT2D eigenvalue weighted by molar-refractivity contribution is 7.85. The lowest BCUT2D eigenvalue weighted by Crippen LogP contribution is -2.60. The second-order valence-electron chi connectivity index (χ2n) is 16.0. The number of aliphatic hydroxyl groups is 3. The number of carbonyl (C=O) groups excluding carboxylic acids is 2. The lowest BCUT2D eigenvalue weighted by molar-refractivity contribution is -0.297. The van der Waals surface area contributed by atoms with Crippen LogP contribution in [0.4, 0.5) is 0 Å². The van der Waals surface area contributed by atoms with Crippen LogP contribution in [0.5, 0.6) is 0 Å². The highest BCUT2D eigenvalue weighted by Gasteiger charge is 2.46. The van der Waals surface area contributed by atoms with Gasteiger partial charge in [-0.15, -0.1) is 0 Å². The molecule has 1 fully saturated rings. The van der Waals surface area contributed by atoms with Gasteiger partial charge in [0.1, 0.15) is 36.8 Å². The third kappa shape index (κ3) is 32.7. The Bertz CT molecular complexity index is 1420. The molecular weight excluding hydrogens is 813 g/mol. The number of hydrogen-bond acceptors (Lipinski definition) is 11. The van der Waals surface area contributed by atoms with E-state index in [0.29, 0.717) is 19.3 Å². The van der Waals surface area contributed by atoms with Crippen LogP contribution in [-0.4, -0.2) is 96.0 Å². The minimum absolute atomic E-state index is 0.0390. The van der Waals surface area contributed by atoms with Gasteiger partial charge in [-0.25, -0.2) is 0 Å². The van der Waals surface area contributed by atoms with E-state index in [2.05, 4.69) is 68.5 Å². The van der Waals surface area contributed by atoms with Crippen molar-refractivity contribution >= 4 is 22.1 Å². The van der Waals surface area contributed by atoms with Gasteiger partial charge in [0.2, 0.25) is 0 Å². The molecule has 1 aliphatic heterocycles. The molecule has 0 spiro atoms. The van der Waals surface area contributed by atoms with Crippen molar-refractivity contribution in [3.8, 4) is 0 Å². The first-order valence-corrected chi connectivity index (χ1v) is 25.1. The third-order valence-corrected chi connectivity index (χ3v) is 11.0. The van der Waals surface area contributed by atoms with Gasteiger partial charge in [0, 0.05) is 12.8 Å². The summed E-state index contributed by atoms with van der Waals surface area (Å²) in [6.45, 7) is 3.56. The molecule has 0 radical (unpaired) electrons. The van der Waals surface area contributed by atoms with Crippen LogP contribution in [0, 0.1) is 0 Å². The van der Waals surface area contributed by atoms with Crippen LogP contribution in [0.2, 0.25) is 0 Å². The predicted molar refractivity (Wildman–Crippen MR) is 247 cm³/mol. The van der Waals surface area contributed by atoms with Crippen molar-refractivity contribution in [1.29, 1.82) is 0 Å². The molecule has 13 heteroatoms. The molecule has 62 heavy (non-hydrogen) atoms. The zero-order valence-electron chi connectivity index (χ0n) is 37.9. The summed E-state index contributed by atoms with van der Waals surface area (Å²) < 4.78 is 54.0. The van der Waals surface area contributed by atoms with E-state index in [1.807, 2.05) is 18.2 Å². The first-order chi connectivity index (χ1) is 30.0. The van der Waals surface area contributed by atoms with E-state index in [0.717, 1.165) is 51.4 Å². The molecule has 356 valence electrons. The van der Waals surface area contributed by atoms with E-state index in [4.69, 9.17) is 18.9 Å². The normalized spacial score (nSPS) is 20.5. The maximum absolute atomic E-state index is 12.8. The van der Waals surface area contributed by atoms with Crippen molar-refractivity contribution < 1.29 is 56.8 Å². The molecule has 0 saturated carbocycles. The fraction of sp³-hybridized carbons (Fsp3) is 0.714. The van der Waals surface area contributed by atoms with Crippen molar-refractivity contribution in [2.45, 2.75) is 205 Å². The Balaban J connectivity index is 2.43. The van der Waals surface area contributed by atoms with Crippen molar-refractivity contribution in [1.82, 2.24) is 0 Å². The minimum Gasteiger partial charge on any atom is -0.462 e. The highest BCUT2D eigenvalue weighted by Crippen LogP contribution is 2.24. The molecule has 0 aromatic heterocycles. The topological polar surface area (TPSA) is 186 Å². The molecule has 1 rings (SSSR count). The van der Waals surface area contributed by atoms with Crippen LogP contribution in [0.15, 0.2) is 72.9 Å². The molecule has 1 heterocycles. The standard InChI is InChI=1S/C49H82O12S/c1-3-5-7-9-11-13-15-17-18-19-20-21-22-23-24-26-27-29-31-33-35-37-44(50)58-39-42(40-59-49-48(54)47(53)46(52)43(61-49)41-62(55,56)57)60-45(51)38-36-34-32-30-28-25-16-14-12-10-8-6-4-2/h6,8,12,14-15,17,19-20,25,28,32,34,42-43,46-49,52-54H,3-5,7,9-11,13,16,18,21-24,26-27,29-31,33,35-41H2,1-2H3,(H,55,56,57)/b8-6-,14-12-,17-15-,20-19-,28-25-,34-32-. The van der Waals surface area contributed by atoms with Crippen molar-refractivity contribution in [3.63, 3.8) is 0 Å². The number of unbranched alkanes of at least 4 members (excludes halogenated alkanes) is 14. The van der Waals surface area contributed by atoms with Gasteiger partial charge in [-0.1, -0.05) is 157 Å². The molecule has 1 aliphatic rings. The largest absolute Gasteiger partial charge is 0.462 e. The van der Waals surface area contributed by atoms with E-state index in [1.165, 1.54) is 70.6 Å². The molecule has 12 nitrogen and oxygen atoms in total. The molecule has 0 bridgehead atoms. The van der Waals surface area contributed by atoms with Crippen LogP contribution >= 0.6 is 0 Å². The molecule has 1 saturated heterocycles. The average molecular weight is 895 g/mol. The van der Waals surface area contributed by atoms with Crippen LogP contribution in [0.25, 0.3) is 0 Å². The number of esters is 2. The summed E-state index contributed by atoms with van der Waals surface area (Å²) in [5, 5.41) is 30.9. The summed E-state index contributed by atoms with van der Waals surface area (Å²) in [6, 6.07) is 0. The fourth-order valence-corrected chi connectivity index (χ4v) is 7.35. The molecule has 0 aromatic rings. The SMILES string of the molecule is CC/C=C\C/C=C\C/C=C\C/C=C\CCC(=O)OC(COC(=O)CCCCCCCCCCC/C=C\C/C=C\CCCCCCC)COC1OC(CS(=O)(=O)O)C(O)C(O)C1O. The minimum atomic E-state index is -4.61. The molecule has 4 N–H and O–H groups in total. The van der Waals surface area contributed by atoms with E-state index in [9.17, 15) is 37.9 Å². The summed E-state index contributed by atoms with van der Waals surface area (Å²) in [6.07, 6.45) is 39.7. The van der Waals surface area contributed by atoms with Gasteiger partial charge < -0.3 is 34.3 Å². The van der Waals surface area contributed by atoms with Crippen LogP contribution in [-0.2, 0) is 38.7 Å². The zero-order chi connectivity index (χ0) is 45.5. The summed E-state index contributed by atoms with van der Waals surface area (Å²) >= 11 is 0. The average Bonchev–Trinajstić information content (AvgIpc) is 3.24. The Labute approximate surface area is 374 Å². The predicted octanol–water partition coefficient (Wildman–Crippen LogP) is 9.89. The molecule has 6 unspecified atom stereocenters. The fourth-order valence-electron chi connectivity index (χ4n) is 6.66. The molecule has 0 aromatic carbocycles. The summed E-state index contributed by atoms with van der Waals surface area (Å²) in [7, 11) is -4.61. The third-order valence-electron chi connectivity index (χ3n) is 10.3. The number of rotatable bonds is 38. The second-order valence-corrected chi connectivity index (χ2v) is 17.5. The maximum atomic E-state index is 12.8. The molecule has 0 amide bonds. The molecule has 6 atom stereocenters. The first kappa shape index (κ1) is 57.1. The first-order valence-electron chi connectivity index (χ1n) is 23.5. The van der Waals surface area contributed by atoms with Crippen LogP contribution in [0.3, 0.4) is 0 Å². The Kier molecular flexibility index (Phi) is 35.5. The second kappa shape index (κ2) is 38.5. The lowest BCUT2D eigenvalue weighted by Gasteiger charge is -2.40. The van der Waals surface area contributed by atoms with Crippen molar-refractivity contribution in [2.24, 2.45) is 0 Å². The summed E-state index contributed by atoms with van der Waals surface area (Å²) in [5.41, 5.74) is 0. The van der Waals surface area contributed by atoms with Gasteiger partial charge in [-0.2, -0.15) is 8.42 Å². The van der Waals surface area contributed by atoms with Gasteiger partial charge in [0.05, 0.1) is 6.61 Å². The van der Waals surface area contributed by atoms with Gasteiger partial charge in [-0.05, 0) is 70.6 Å². The number of allylic oxidation sites excluding steroid dienone is 12. The quantitative estimate of drug-likeness (QED) is 0.0199. The van der Waals surface area contributed by atoms with Crippen LogP contribution in [0.1, 0.15) is 168 Å². The summed E-state index contributed by atoms with van der Waals surface area (Å²) in [4.78, 5) is 25.4. The van der Waals surface area contributed by atoms with Crippen molar-refractivity contribution in [2.75, 3.05) is 19.0 Å². The number of aliphatic hydroxyl groups excluding tert-OH is 3. The Morgan fingerprint density at radius 2 is 1.05 bits per heavy atom. The molecular formula is C49H82O12S. The number of carbonyl (C=O) groups is 2. The smallest absolute Gasteiger partial charge is 0.306 e. The van der Waals surface area contributed by atoms with E-state index in [1.54, 1.807) is 0 Å². The zero-order valence-corrected chi connectivity index (χ0v) is 38.8. The van der Waals surface area contributed by atoms with E-state index in [-0.39, 0.29) is 19.4 Å². The Morgan fingerprint density at radius 3 is 1.58 bits per heavy atom. The van der Waals surface area contributed by atoms with Crippen LogP contribution < -0.4 is 0 Å². The summed E-state index contributed by atoms with van der Waals surface area (Å²) in [5.74, 6) is -2.10. The van der Waals surface area contributed by atoms with E-state index < -0.39 is 71.2 Å². The number of hydrogen-bond donors (Lipinski definition) is 4. The Hall–Kier alpha value is -2.91. The monoisotopic (exact) mass is 895 g/mol. The van der Waals surface area contributed by atoms with Gasteiger partial charge in [0.25, 0.3) is 10.1 Å². The number of ether oxygens (including phenoxy) is 4. The highest BCUT2D eigenvalue weighted by atomic mass is 32.2. The van der Waals surface area contributed by atoms with Crippen molar-refractivity contribution in [3.05, 3.63) is 72.9 Å².